The van der Waals surface area contributed by atoms with Crippen LogP contribution in [0.25, 0.3) is 0 Å². The summed E-state index contributed by atoms with van der Waals surface area (Å²) in [4.78, 5) is 1.37. The Hall–Kier alpha value is -1.25. The van der Waals surface area contributed by atoms with Crippen LogP contribution in [-0.2, 0) is 6.42 Å². The van der Waals surface area contributed by atoms with E-state index in [-0.39, 0.29) is 0 Å². The van der Waals surface area contributed by atoms with Crippen molar-refractivity contribution in [2.45, 2.75) is 37.6 Å². The van der Waals surface area contributed by atoms with Crippen molar-refractivity contribution in [3.63, 3.8) is 0 Å². The van der Waals surface area contributed by atoms with Crippen LogP contribution in [-0.4, -0.2) is 12.8 Å². The molecule has 0 spiro atoms. The van der Waals surface area contributed by atoms with Crippen molar-refractivity contribution in [1.29, 1.82) is 0 Å². The van der Waals surface area contributed by atoms with Gasteiger partial charge in [-0.2, -0.15) is 0 Å². The topological polar surface area (TPSA) is 12.0 Å². The minimum Gasteiger partial charge on any atom is -0.310 e. The smallest absolute Gasteiger partial charge is 0.0372 e. The number of hydrogen-bond donors (Lipinski definition) is 1. The lowest BCUT2D eigenvalue weighted by molar-refractivity contribution is 0.522. The van der Waals surface area contributed by atoms with Gasteiger partial charge in [0.1, 0.15) is 0 Å². The summed E-state index contributed by atoms with van der Waals surface area (Å²) in [5, 5.41) is 3.72. The van der Waals surface area contributed by atoms with E-state index in [2.05, 4.69) is 74.0 Å². The molecule has 0 saturated heterocycles. The lowest BCUT2D eigenvalue weighted by Gasteiger charge is -2.22. The molecule has 0 aliphatic heterocycles. The Kier molecular flexibility index (Phi) is 6.34. The fraction of sp³-hybridized carbons (Fsp3) is 0.368. The second-order valence-corrected chi connectivity index (χ2v) is 6.23. The minimum absolute atomic E-state index is 0.384. The molecular formula is C19H25NS. The number of rotatable bonds is 7. The van der Waals surface area contributed by atoms with Crippen molar-refractivity contribution < 1.29 is 0 Å². The van der Waals surface area contributed by atoms with E-state index < -0.39 is 0 Å². The maximum Gasteiger partial charge on any atom is 0.0372 e. The monoisotopic (exact) mass is 299 g/mol. The van der Waals surface area contributed by atoms with Crippen molar-refractivity contribution in [2.75, 3.05) is 12.8 Å². The normalized spacial score (nSPS) is 12.3. The quantitative estimate of drug-likeness (QED) is 0.722. The van der Waals surface area contributed by atoms with Gasteiger partial charge in [-0.3, -0.25) is 0 Å². The molecule has 0 aromatic heterocycles. The largest absolute Gasteiger partial charge is 0.310 e. The highest BCUT2D eigenvalue weighted by molar-refractivity contribution is 7.98. The standard InChI is InChI=1S/C19H25NS/c1-4-13-20-18(14-16-10-6-5-9-15(16)2)17-11-7-8-12-19(17)21-3/h5-12,18,20H,4,13-14H2,1-3H3. The maximum absolute atomic E-state index is 3.72. The SMILES string of the molecule is CCCNC(Cc1ccccc1C)c1ccccc1SC. The summed E-state index contributed by atoms with van der Waals surface area (Å²) in [7, 11) is 0. The number of benzene rings is 2. The third kappa shape index (κ3) is 4.36. The van der Waals surface area contributed by atoms with Crippen molar-refractivity contribution in [3.8, 4) is 0 Å². The molecule has 21 heavy (non-hydrogen) atoms. The van der Waals surface area contributed by atoms with E-state index in [0.717, 1.165) is 19.4 Å². The third-order valence-corrected chi connectivity index (χ3v) is 4.65. The third-order valence-electron chi connectivity index (χ3n) is 3.84. The van der Waals surface area contributed by atoms with Crippen molar-refractivity contribution in [2.24, 2.45) is 0 Å². The Bertz CT molecular complexity index is 565. The van der Waals surface area contributed by atoms with Crippen molar-refractivity contribution in [3.05, 3.63) is 65.2 Å². The fourth-order valence-corrected chi connectivity index (χ4v) is 3.28. The molecule has 0 radical (unpaired) electrons. The molecule has 1 atom stereocenters. The van der Waals surface area contributed by atoms with E-state index in [4.69, 9.17) is 0 Å². The molecule has 0 aliphatic carbocycles. The predicted molar refractivity (Wildman–Crippen MR) is 94.1 cm³/mol. The van der Waals surface area contributed by atoms with Crippen LogP contribution >= 0.6 is 11.8 Å². The molecule has 2 rings (SSSR count). The summed E-state index contributed by atoms with van der Waals surface area (Å²) >= 11 is 1.83. The molecule has 0 fully saturated rings. The number of hydrogen-bond acceptors (Lipinski definition) is 2. The van der Waals surface area contributed by atoms with Crippen molar-refractivity contribution in [1.82, 2.24) is 5.32 Å². The molecule has 0 aliphatic rings. The molecule has 0 bridgehead atoms. The van der Waals surface area contributed by atoms with Crippen LogP contribution in [0.1, 0.15) is 36.1 Å². The molecule has 2 aromatic carbocycles. The second kappa shape index (κ2) is 8.26. The first kappa shape index (κ1) is 16.1. The highest BCUT2D eigenvalue weighted by Gasteiger charge is 2.15. The molecule has 1 nitrogen and oxygen atoms in total. The summed E-state index contributed by atoms with van der Waals surface area (Å²) in [6.07, 6.45) is 4.36. The molecule has 0 amide bonds. The molecule has 112 valence electrons. The van der Waals surface area contributed by atoms with Gasteiger partial charge in [0.15, 0.2) is 0 Å². The van der Waals surface area contributed by atoms with E-state index in [1.54, 1.807) is 0 Å². The Morgan fingerprint density at radius 3 is 2.48 bits per heavy atom. The molecular weight excluding hydrogens is 274 g/mol. The van der Waals surface area contributed by atoms with Gasteiger partial charge >= 0.3 is 0 Å². The van der Waals surface area contributed by atoms with E-state index in [1.165, 1.54) is 21.6 Å². The first-order chi connectivity index (χ1) is 10.3. The second-order valence-electron chi connectivity index (χ2n) is 5.38. The zero-order valence-electron chi connectivity index (χ0n) is 13.2. The average Bonchev–Trinajstić information content (AvgIpc) is 2.53. The first-order valence-electron chi connectivity index (χ1n) is 7.67. The zero-order valence-corrected chi connectivity index (χ0v) is 14.0. The highest BCUT2D eigenvalue weighted by atomic mass is 32.2. The average molecular weight is 299 g/mol. The molecule has 1 N–H and O–H groups in total. The van der Waals surface area contributed by atoms with Crippen LogP contribution in [0, 0.1) is 6.92 Å². The van der Waals surface area contributed by atoms with Crippen molar-refractivity contribution >= 4 is 11.8 Å². The van der Waals surface area contributed by atoms with Crippen LogP contribution in [0.15, 0.2) is 53.4 Å². The lowest BCUT2D eigenvalue weighted by atomic mass is 9.96. The van der Waals surface area contributed by atoms with Gasteiger partial charge < -0.3 is 5.32 Å². The van der Waals surface area contributed by atoms with Crippen LogP contribution in [0.5, 0.6) is 0 Å². The van der Waals surface area contributed by atoms with Crippen LogP contribution in [0.2, 0.25) is 0 Å². The van der Waals surface area contributed by atoms with E-state index in [9.17, 15) is 0 Å². The lowest BCUT2D eigenvalue weighted by Crippen LogP contribution is -2.24. The summed E-state index contributed by atoms with van der Waals surface area (Å²) in [5.41, 5.74) is 4.23. The van der Waals surface area contributed by atoms with Gasteiger partial charge in [-0.05, 0) is 55.3 Å². The highest BCUT2D eigenvalue weighted by Crippen LogP contribution is 2.28. The van der Waals surface area contributed by atoms with E-state index in [0.29, 0.717) is 6.04 Å². The number of aryl methyl sites for hydroxylation is 1. The van der Waals surface area contributed by atoms with E-state index in [1.807, 2.05) is 11.8 Å². The predicted octanol–water partition coefficient (Wildman–Crippen LogP) is 5.00. The first-order valence-corrected chi connectivity index (χ1v) is 8.89. The zero-order chi connectivity index (χ0) is 15.1. The number of thioether (sulfide) groups is 1. The van der Waals surface area contributed by atoms with Gasteiger partial charge in [-0.1, -0.05) is 49.4 Å². The van der Waals surface area contributed by atoms with Crippen LogP contribution < -0.4 is 5.32 Å². The molecule has 0 heterocycles. The van der Waals surface area contributed by atoms with Gasteiger partial charge in [0.25, 0.3) is 0 Å². The summed E-state index contributed by atoms with van der Waals surface area (Å²) in [6, 6.07) is 17.8. The minimum atomic E-state index is 0.384. The van der Waals surface area contributed by atoms with Crippen LogP contribution in [0.4, 0.5) is 0 Å². The fourth-order valence-electron chi connectivity index (χ4n) is 2.62. The summed E-state index contributed by atoms with van der Waals surface area (Å²) in [6.45, 7) is 5.48. The molecule has 0 saturated carbocycles. The summed E-state index contributed by atoms with van der Waals surface area (Å²) < 4.78 is 0. The maximum atomic E-state index is 3.72. The summed E-state index contributed by atoms with van der Waals surface area (Å²) in [5.74, 6) is 0. The molecule has 1 unspecified atom stereocenters. The van der Waals surface area contributed by atoms with Gasteiger partial charge in [0.05, 0.1) is 0 Å². The molecule has 2 aromatic rings. The Morgan fingerprint density at radius 1 is 1.05 bits per heavy atom. The number of nitrogens with one attached hydrogen (secondary N) is 1. The van der Waals surface area contributed by atoms with Gasteiger partial charge in [0, 0.05) is 10.9 Å². The Labute approximate surface area is 133 Å². The van der Waals surface area contributed by atoms with Gasteiger partial charge in [-0.25, -0.2) is 0 Å². The molecule has 2 heteroatoms. The van der Waals surface area contributed by atoms with E-state index >= 15 is 0 Å². The van der Waals surface area contributed by atoms with Crippen LogP contribution in [0.3, 0.4) is 0 Å². The van der Waals surface area contributed by atoms with Gasteiger partial charge in [0.2, 0.25) is 0 Å². The van der Waals surface area contributed by atoms with Gasteiger partial charge in [-0.15, -0.1) is 11.8 Å². The Morgan fingerprint density at radius 2 is 1.76 bits per heavy atom. The Balaban J connectivity index is 2.28.